The molecule has 2 aliphatic heterocycles. The molecule has 2 aliphatic rings. The molecule has 0 bridgehead atoms. The summed E-state index contributed by atoms with van der Waals surface area (Å²) in [5.74, 6) is -1.18. The van der Waals surface area contributed by atoms with Gasteiger partial charge in [-0.05, 0) is 56.5 Å². The van der Waals surface area contributed by atoms with Crippen LogP contribution in [0.3, 0.4) is 0 Å². The second-order valence-electron chi connectivity index (χ2n) is 8.89. The minimum Gasteiger partial charge on any atom is -0.370 e. The fourth-order valence-corrected chi connectivity index (χ4v) is 4.94. The molecule has 0 aliphatic carbocycles. The number of amides is 3. The van der Waals surface area contributed by atoms with Crippen LogP contribution in [0.15, 0.2) is 42.5 Å². The Hall–Kier alpha value is -3.36. The van der Waals surface area contributed by atoms with Gasteiger partial charge in [0.15, 0.2) is 0 Å². The molecule has 35 heavy (non-hydrogen) atoms. The zero-order valence-electron chi connectivity index (χ0n) is 19.8. The maximum Gasteiger partial charge on any atom is 0.416 e. The number of nitrogens with zero attached hydrogens (tertiary/aromatic N) is 3. The number of carbonyl (C=O) groups excluding carboxylic acids is 3. The van der Waals surface area contributed by atoms with Gasteiger partial charge in [0.05, 0.1) is 34.8 Å². The van der Waals surface area contributed by atoms with Crippen molar-refractivity contribution < 1.29 is 27.6 Å². The van der Waals surface area contributed by atoms with E-state index in [0.29, 0.717) is 31.9 Å². The minimum atomic E-state index is -4.52. The van der Waals surface area contributed by atoms with E-state index in [2.05, 4.69) is 0 Å². The molecule has 6 nitrogen and oxygen atoms in total. The summed E-state index contributed by atoms with van der Waals surface area (Å²) < 4.78 is 39.3. The van der Waals surface area contributed by atoms with Gasteiger partial charge in [0.1, 0.15) is 0 Å². The number of hydrogen-bond acceptors (Lipinski definition) is 4. The van der Waals surface area contributed by atoms with E-state index < -0.39 is 23.6 Å². The molecule has 1 atom stereocenters. The van der Waals surface area contributed by atoms with Gasteiger partial charge in [-0.2, -0.15) is 13.2 Å². The fraction of sp³-hybridized carbons (Fsp3) is 0.423. The van der Waals surface area contributed by atoms with Crippen LogP contribution in [0.25, 0.3) is 0 Å². The molecular weight excluding hydrogens is 459 g/mol. The first-order valence-electron chi connectivity index (χ1n) is 11.8. The van der Waals surface area contributed by atoms with Crippen LogP contribution in [-0.2, 0) is 17.5 Å². The van der Waals surface area contributed by atoms with Crippen molar-refractivity contribution >= 4 is 23.4 Å². The molecule has 1 fully saturated rings. The Morgan fingerprint density at radius 2 is 1.77 bits per heavy atom. The molecule has 1 saturated heterocycles. The summed E-state index contributed by atoms with van der Waals surface area (Å²) in [6.45, 7) is 5.98. The number of hydrogen-bond donors (Lipinski definition) is 0. The maximum atomic E-state index is 13.4. The van der Waals surface area contributed by atoms with Gasteiger partial charge in [-0.3, -0.25) is 19.3 Å². The van der Waals surface area contributed by atoms with E-state index in [1.165, 1.54) is 12.1 Å². The molecule has 0 aromatic heterocycles. The van der Waals surface area contributed by atoms with Crippen molar-refractivity contribution in [3.63, 3.8) is 0 Å². The maximum absolute atomic E-state index is 13.4. The fourth-order valence-electron chi connectivity index (χ4n) is 4.94. The lowest BCUT2D eigenvalue weighted by atomic mass is 9.94. The molecule has 2 heterocycles. The summed E-state index contributed by atoms with van der Waals surface area (Å²) in [5.41, 5.74) is 0.463. The first kappa shape index (κ1) is 24.8. The highest BCUT2D eigenvalue weighted by Gasteiger charge is 2.40. The van der Waals surface area contributed by atoms with E-state index in [1.807, 2.05) is 18.7 Å². The van der Waals surface area contributed by atoms with Crippen LogP contribution in [0, 0.1) is 5.92 Å². The molecule has 0 N–H and O–H groups in total. The lowest BCUT2D eigenvalue weighted by Gasteiger charge is -2.36. The molecule has 4 rings (SSSR count). The first-order valence-corrected chi connectivity index (χ1v) is 11.8. The van der Waals surface area contributed by atoms with Crippen molar-refractivity contribution in [3.05, 3.63) is 64.7 Å². The summed E-state index contributed by atoms with van der Waals surface area (Å²) >= 11 is 0. The lowest BCUT2D eigenvalue weighted by molar-refractivity contribution is -0.137. The topological polar surface area (TPSA) is 60.9 Å². The summed E-state index contributed by atoms with van der Waals surface area (Å²) in [6, 6.07) is 9.67. The van der Waals surface area contributed by atoms with Gasteiger partial charge in [0, 0.05) is 26.2 Å². The van der Waals surface area contributed by atoms with Gasteiger partial charge in [0.25, 0.3) is 11.8 Å². The summed E-state index contributed by atoms with van der Waals surface area (Å²) in [4.78, 5) is 44.1. The molecule has 0 radical (unpaired) electrons. The Morgan fingerprint density at radius 1 is 1.06 bits per heavy atom. The SMILES string of the molecule is CCN(CC)C(=O)C1CCCN(c2cccc3c2C(=O)N(Cc2cccc(C(F)(F)F)c2)C3=O)C1. The van der Waals surface area contributed by atoms with Crippen molar-refractivity contribution in [2.75, 3.05) is 31.1 Å². The van der Waals surface area contributed by atoms with E-state index in [1.54, 1.807) is 23.1 Å². The standard InChI is InChI=1S/C26H28F3N3O3/c1-3-30(4-2)23(33)18-9-7-13-31(16-18)21-12-6-11-20-22(21)25(35)32(24(20)34)15-17-8-5-10-19(14-17)26(27,28)29/h5-6,8,10-12,14,18H,3-4,7,9,13,15-16H2,1-2H3. The smallest absolute Gasteiger partial charge is 0.370 e. The molecule has 0 saturated carbocycles. The highest BCUT2D eigenvalue weighted by atomic mass is 19.4. The van der Waals surface area contributed by atoms with Crippen LogP contribution in [0.4, 0.5) is 18.9 Å². The number of carbonyl (C=O) groups is 3. The predicted octanol–water partition coefficient (Wildman–Crippen LogP) is 4.59. The van der Waals surface area contributed by atoms with E-state index in [9.17, 15) is 27.6 Å². The normalized spacial score (nSPS) is 18.1. The van der Waals surface area contributed by atoms with Gasteiger partial charge in [-0.15, -0.1) is 0 Å². The molecular formula is C26H28F3N3O3. The van der Waals surface area contributed by atoms with Crippen molar-refractivity contribution in [2.24, 2.45) is 5.92 Å². The lowest BCUT2D eigenvalue weighted by Crippen LogP contribution is -2.45. The molecule has 1 unspecified atom stereocenters. The zero-order chi connectivity index (χ0) is 25.3. The van der Waals surface area contributed by atoms with E-state index >= 15 is 0 Å². The van der Waals surface area contributed by atoms with Crippen LogP contribution < -0.4 is 4.90 Å². The Morgan fingerprint density at radius 3 is 2.46 bits per heavy atom. The van der Waals surface area contributed by atoms with E-state index in [-0.39, 0.29) is 35.1 Å². The van der Waals surface area contributed by atoms with Gasteiger partial charge in [0.2, 0.25) is 5.91 Å². The van der Waals surface area contributed by atoms with Crippen LogP contribution in [0.2, 0.25) is 0 Å². The largest absolute Gasteiger partial charge is 0.416 e. The number of anilines is 1. The Labute approximate surface area is 202 Å². The van der Waals surface area contributed by atoms with Crippen molar-refractivity contribution in [1.82, 2.24) is 9.80 Å². The van der Waals surface area contributed by atoms with Gasteiger partial charge in [-0.1, -0.05) is 18.2 Å². The van der Waals surface area contributed by atoms with Gasteiger partial charge >= 0.3 is 6.18 Å². The zero-order valence-corrected chi connectivity index (χ0v) is 19.8. The summed E-state index contributed by atoms with van der Waals surface area (Å²) in [6.07, 6.45) is -2.98. The monoisotopic (exact) mass is 487 g/mol. The number of imide groups is 1. The first-order chi connectivity index (χ1) is 16.7. The summed E-state index contributed by atoms with van der Waals surface area (Å²) in [7, 11) is 0. The highest BCUT2D eigenvalue weighted by Crippen LogP contribution is 2.36. The van der Waals surface area contributed by atoms with Crippen molar-refractivity contribution in [3.8, 4) is 0 Å². The number of piperidine rings is 1. The van der Waals surface area contributed by atoms with Gasteiger partial charge < -0.3 is 9.80 Å². The average molecular weight is 488 g/mol. The minimum absolute atomic E-state index is 0.0841. The number of alkyl halides is 3. The molecule has 3 amide bonds. The van der Waals surface area contributed by atoms with Crippen LogP contribution in [-0.4, -0.2) is 53.7 Å². The van der Waals surface area contributed by atoms with E-state index in [0.717, 1.165) is 29.9 Å². The van der Waals surface area contributed by atoms with Crippen LogP contribution in [0.5, 0.6) is 0 Å². The number of rotatable bonds is 6. The number of fused-ring (bicyclic) bond motifs is 1. The Kier molecular flexibility index (Phi) is 6.87. The molecule has 186 valence electrons. The highest BCUT2D eigenvalue weighted by molar-refractivity contribution is 6.23. The van der Waals surface area contributed by atoms with Crippen LogP contribution in [0.1, 0.15) is 58.5 Å². The molecule has 2 aromatic rings. The summed E-state index contributed by atoms with van der Waals surface area (Å²) in [5, 5.41) is 0. The average Bonchev–Trinajstić information content (AvgIpc) is 3.09. The second kappa shape index (κ2) is 9.71. The van der Waals surface area contributed by atoms with Crippen LogP contribution >= 0.6 is 0 Å². The predicted molar refractivity (Wildman–Crippen MR) is 125 cm³/mol. The Balaban J connectivity index is 1.59. The van der Waals surface area contributed by atoms with Gasteiger partial charge in [-0.25, -0.2) is 0 Å². The number of benzene rings is 2. The molecule has 2 aromatic carbocycles. The number of halogens is 3. The molecule has 9 heteroatoms. The molecule has 0 spiro atoms. The quantitative estimate of drug-likeness (QED) is 0.560. The third kappa shape index (κ3) is 4.76. The second-order valence-corrected chi connectivity index (χ2v) is 8.89. The Bertz CT molecular complexity index is 1140. The van der Waals surface area contributed by atoms with E-state index in [4.69, 9.17) is 0 Å². The van der Waals surface area contributed by atoms with Crippen molar-refractivity contribution in [1.29, 1.82) is 0 Å². The third-order valence-electron chi connectivity index (χ3n) is 6.76. The van der Waals surface area contributed by atoms with Crippen molar-refractivity contribution in [2.45, 2.75) is 39.4 Å². The third-order valence-corrected chi connectivity index (χ3v) is 6.76.